The first-order chi connectivity index (χ1) is 9.57. The molecule has 1 aliphatic rings. The van der Waals surface area contributed by atoms with Crippen molar-refractivity contribution in [3.8, 4) is 0 Å². The summed E-state index contributed by atoms with van der Waals surface area (Å²) in [5.41, 5.74) is 1.18. The molecule has 0 atom stereocenters. The molecule has 1 heterocycles. The fourth-order valence-corrected chi connectivity index (χ4v) is 2.97. The fourth-order valence-electron chi connectivity index (χ4n) is 2.02. The monoisotopic (exact) mass is 496 g/mol. The van der Waals surface area contributed by atoms with Crippen molar-refractivity contribution >= 4 is 62.8 Å². The van der Waals surface area contributed by atoms with E-state index in [1.165, 1.54) is 9.80 Å². The van der Waals surface area contributed by atoms with Gasteiger partial charge in [-0.1, -0.05) is 31.5 Å². The molecule has 1 aliphatic heterocycles. The van der Waals surface area contributed by atoms with E-state index in [1.807, 2.05) is 37.3 Å². The lowest BCUT2D eigenvalue weighted by Gasteiger charge is -2.17. The van der Waals surface area contributed by atoms with Gasteiger partial charge in [0.25, 0.3) is 5.91 Å². The second-order valence-electron chi connectivity index (χ2n) is 4.37. The van der Waals surface area contributed by atoms with Crippen LogP contribution in [0.15, 0.2) is 37.6 Å². The Balaban J connectivity index is 2.42. The lowest BCUT2D eigenvalue weighted by Crippen LogP contribution is -2.33. The zero-order valence-electron chi connectivity index (χ0n) is 11.0. The molecule has 3 amide bonds. The van der Waals surface area contributed by atoms with Gasteiger partial charge in [0.2, 0.25) is 0 Å². The minimum Gasteiger partial charge on any atom is -0.267 e. The number of imide groups is 1. The van der Waals surface area contributed by atoms with Crippen molar-refractivity contribution in [1.82, 2.24) is 4.90 Å². The quantitative estimate of drug-likeness (QED) is 0.355. The third-order valence-electron chi connectivity index (χ3n) is 3.02. The van der Waals surface area contributed by atoms with E-state index in [0.717, 1.165) is 20.1 Å². The van der Waals surface area contributed by atoms with Crippen LogP contribution in [-0.4, -0.2) is 23.4 Å². The van der Waals surface area contributed by atoms with E-state index >= 15 is 0 Å². The molecule has 1 aromatic carbocycles. The molecule has 1 saturated heterocycles. The highest BCUT2D eigenvalue weighted by Gasteiger charge is 2.42. The van der Waals surface area contributed by atoms with Gasteiger partial charge in [-0.05, 0) is 63.7 Å². The van der Waals surface area contributed by atoms with Gasteiger partial charge < -0.3 is 0 Å². The van der Waals surface area contributed by atoms with Crippen molar-refractivity contribution < 1.29 is 9.59 Å². The Morgan fingerprint density at radius 3 is 2.35 bits per heavy atom. The summed E-state index contributed by atoms with van der Waals surface area (Å²) in [6.45, 7) is 2.51. The molecule has 0 saturated carbocycles. The number of carbonyl (C=O) groups excluding carboxylic acids is 2. The summed E-state index contributed by atoms with van der Waals surface area (Å²) in [5, 5.41) is 0. The van der Waals surface area contributed by atoms with Crippen LogP contribution in [0.4, 0.5) is 10.5 Å². The first kappa shape index (κ1) is 15.7. The zero-order valence-corrected chi connectivity index (χ0v) is 15.3. The maximum Gasteiger partial charge on any atom is 0.336 e. The molecule has 106 valence electrons. The van der Waals surface area contributed by atoms with Gasteiger partial charge in [0.15, 0.2) is 0 Å². The highest BCUT2D eigenvalue weighted by Crippen LogP contribution is 2.34. The van der Waals surface area contributed by atoms with Crippen LogP contribution in [0.5, 0.6) is 0 Å². The number of anilines is 1. The molecule has 1 aromatic rings. The number of carbonyl (C=O) groups is 2. The minimum absolute atomic E-state index is 0.203. The van der Waals surface area contributed by atoms with Crippen molar-refractivity contribution in [2.24, 2.45) is 0 Å². The Labute approximate surface area is 145 Å². The summed E-state index contributed by atoms with van der Waals surface area (Å²) >= 11 is 4.17. The smallest absolute Gasteiger partial charge is 0.267 e. The van der Waals surface area contributed by atoms with Crippen LogP contribution in [0.2, 0.25) is 0 Å². The molecule has 6 heteroatoms. The maximum absolute atomic E-state index is 12.5. The van der Waals surface area contributed by atoms with Gasteiger partial charge in [-0.25, -0.2) is 4.79 Å². The number of nitrogens with zero attached hydrogens (tertiary/aromatic N) is 2. The summed E-state index contributed by atoms with van der Waals surface area (Å²) in [4.78, 5) is 27.8. The molecule has 4 nitrogen and oxygen atoms in total. The number of urea groups is 1. The lowest BCUT2D eigenvalue weighted by molar-refractivity contribution is -0.122. The van der Waals surface area contributed by atoms with Crippen LogP contribution in [0.25, 0.3) is 0 Å². The Bertz CT molecular complexity index is 554. The Kier molecular flexibility index (Phi) is 5.42. The van der Waals surface area contributed by atoms with Gasteiger partial charge in [-0.2, -0.15) is 0 Å². The number of hydrogen-bond donors (Lipinski definition) is 0. The molecule has 0 aliphatic carbocycles. The van der Waals surface area contributed by atoms with Gasteiger partial charge in [-0.15, -0.1) is 0 Å². The lowest BCUT2D eigenvalue weighted by atomic mass is 10.3. The number of unbranched alkanes of at least 4 members (excludes halogenated alkanes) is 1. The Hall–Kier alpha value is -0.640. The topological polar surface area (TPSA) is 40.6 Å². The first-order valence-electron chi connectivity index (χ1n) is 6.34. The summed E-state index contributed by atoms with van der Waals surface area (Å²) in [6.07, 6.45) is 1.77. The van der Waals surface area contributed by atoms with Gasteiger partial charge in [0.05, 0.1) is 7.27 Å². The van der Waals surface area contributed by atoms with E-state index in [2.05, 4.69) is 45.2 Å². The molecule has 0 spiro atoms. The van der Waals surface area contributed by atoms with Crippen LogP contribution < -0.4 is 4.90 Å². The Morgan fingerprint density at radius 1 is 1.15 bits per heavy atom. The van der Waals surface area contributed by atoms with Gasteiger partial charge in [0, 0.05) is 6.54 Å². The second-order valence-corrected chi connectivity index (χ2v) is 8.59. The summed E-state index contributed by atoms with van der Waals surface area (Å²) in [5.74, 6) is -0.203. The normalized spacial score (nSPS) is 15.2. The Morgan fingerprint density at radius 2 is 1.80 bits per heavy atom. The molecular weight excluding hydrogens is 482 g/mol. The van der Waals surface area contributed by atoms with E-state index < -0.39 is 0 Å². The standard InChI is InChI=1S/C14H14I2N2O2/c1-2-3-9-17-13(19)11(12(15)16)18(14(17)20)10-7-5-4-6-8-10/h4-8H,2-3,9H2,1H3. The predicted octanol–water partition coefficient (Wildman–Crippen LogP) is 4.29. The molecule has 0 N–H and O–H groups in total. The number of para-hydroxylation sites is 1. The third-order valence-corrected chi connectivity index (χ3v) is 4.04. The van der Waals surface area contributed by atoms with E-state index in [-0.39, 0.29) is 11.9 Å². The third kappa shape index (κ3) is 3.00. The van der Waals surface area contributed by atoms with Crippen LogP contribution >= 0.6 is 45.2 Å². The average molecular weight is 496 g/mol. The highest BCUT2D eigenvalue weighted by molar-refractivity contribution is 14.2. The number of rotatable bonds is 4. The van der Waals surface area contributed by atoms with E-state index in [0.29, 0.717) is 12.2 Å². The minimum atomic E-state index is -0.254. The van der Waals surface area contributed by atoms with Crippen LogP contribution in [-0.2, 0) is 4.79 Å². The average Bonchev–Trinajstić information content (AvgIpc) is 2.69. The number of halogens is 2. The SMILES string of the molecule is CCCCN1C(=O)C(=C(I)I)N(c2ccccc2)C1=O. The molecule has 0 radical (unpaired) electrons. The second kappa shape index (κ2) is 6.88. The molecular formula is C14H14I2N2O2. The summed E-state index contributed by atoms with van der Waals surface area (Å²) in [6, 6.07) is 9.03. The number of hydrogen-bond acceptors (Lipinski definition) is 2. The number of amides is 3. The van der Waals surface area contributed by atoms with Crippen LogP contribution in [0.1, 0.15) is 19.8 Å². The molecule has 0 aromatic heterocycles. The molecule has 0 bridgehead atoms. The predicted molar refractivity (Wildman–Crippen MR) is 96.0 cm³/mol. The van der Waals surface area contributed by atoms with E-state index in [9.17, 15) is 9.59 Å². The van der Waals surface area contributed by atoms with Crippen molar-refractivity contribution in [2.45, 2.75) is 19.8 Å². The van der Waals surface area contributed by atoms with E-state index in [1.54, 1.807) is 0 Å². The van der Waals surface area contributed by atoms with Gasteiger partial charge in [-0.3, -0.25) is 14.6 Å². The molecule has 2 rings (SSSR count). The van der Waals surface area contributed by atoms with Gasteiger partial charge in [0.1, 0.15) is 5.70 Å². The largest absolute Gasteiger partial charge is 0.336 e. The van der Waals surface area contributed by atoms with Crippen LogP contribution in [0, 0.1) is 0 Å². The van der Waals surface area contributed by atoms with Crippen molar-refractivity contribution in [3.05, 3.63) is 37.6 Å². The van der Waals surface area contributed by atoms with Crippen molar-refractivity contribution in [2.75, 3.05) is 11.4 Å². The summed E-state index contributed by atoms with van der Waals surface area (Å²) < 4.78 is 0.793. The number of benzene rings is 1. The zero-order chi connectivity index (χ0) is 14.7. The van der Waals surface area contributed by atoms with Gasteiger partial charge >= 0.3 is 6.03 Å². The highest BCUT2D eigenvalue weighted by atomic mass is 127. The first-order valence-corrected chi connectivity index (χ1v) is 8.50. The van der Waals surface area contributed by atoms with Crippen molar-refractivity contribution in [1.29, 1.82) is 0 Å². The maximum atomic E-state index is 12.5. The van der Waals surface area contributed by atoms with Crippen LogP contribution in [0.3, 0.4) is 0 Å². The molecule has 0 unspecified atom stereocenters. The fraction of sp³-hybridized carbons (Fsp3) is 0.286. The van der Waals surface area contributed by atoms with E-state index in [4.69, 9.17) is 0 Å². The van der Waals surface area contributed by atoms with Crippen molar-refractivity contribution in [3.63, 3.8) is 0 Å². The molecule has 20 heavy (non-hydrogen) atoms. The molecule has 1 fully saturated rings. The summed E-state index contributed by atoms with van der Waals surface area (Å²) in [7, 11) is 0.